The van der Waals surface area contributed by atoms with Crippen molar-refractivity contribution in [1.82, 2.24) is 19.5 Å². The molecule has 0 spiro atoms. The average Bonchev–Trinajstić information content (AvgIpc) is 3.22. The molecule has 152 valence electrons. The van der Waals surface area contributed by atoms with Gasteiger partial charge in [0.15, 0.2) is 11.2 Å². The van der Waals surface area contributed by atoms with E-state index in [-0.39, 0.29) is 43.0 Å². The summed E-state index contributed by atoms with van der Waals surface area (Å²) in [6, 6.07) is -1.02. The van der Waals surface area contributed by atoms with Gasteiger partial charge in [-0.3, -0.25) is 29.3 Å². The maximum absolute atomic E-state index is 12.2. The number of nitrogens with two attached hydrogens (primary N) is 2. The molecule has 8 N–H and O–H groups in total. The van der Waals surface area contributed by atoms with Gasteiger partial charge in [-0.05, 0) is 6.42 Å². The molecule has 1 saturated heterocycles. The molecule has 3 rings (SSSR count). The molecule has 2 aromatic rings. The molecule has 1 fully saturated rings. The van der Waals surface area contributed by atoms with Gasteiger partial charge in [0.2, 0.25) is 17.8 Å². The SMILES string of the molecule is NC(=O)CC[C@H](N)C(=O)Nc1nc2c(ncn2[C@H]2C[C@H](O)[C@@H](CO)O2)c(=O)[nH]1. The van der Waals surface area contributed by atoms with E-state index < -0.39 is 41.9 Å². The Balaban J connectivity index is 1.83. The first-order chi connectivity index (χ1) is 13.3. The van der Waals surface area contributed by atoms with Crippen LogP contribution in [-0.2, 0) is 14.3 Å². The van der Waals surface area contributed by atoms with E-state index in [1.807, 2.05) is 0 Å². The Kier molecular flexibility index (Phi) is 5.69. The van der Waals surface area contributed by atoms with E-state index in [4.69, 9.17) is 16.2 Å². The molecular formula is C15H21N7O6. The Morgan fingerprint density at radius 2 is 2.25 bits per heavy atom. The molecule has 1 aliphatic heterocycles. The summed E-state index contributed by atoms with van der Waals surface area (Å²) in [4.78, 5) is 45.7. The molecule has 1 aliphatic rings. The molecule has 0 bridgehead atoms. The van der Waals surface area contributed by atoms with Crippen LogP contribution in [-0.4, -0.2) is 66.4 Å². The predicted molar refractivity (Wildman–Crippen MR) is 94.8 cm³/mol. The minimum atomic E-state index is -1.02. The number of imidazole rings is 1. The lowest BCUT2D eigenvalue weighted by Crippen LogP contribution is -2.37. The highest BCUT2D eigenvalue weighted by Crippen LogP contribution is 2.30. The van der Waals surface area contributed by atoms with Crippen molar-refractivity contribution in [2.45, 2.75) is 43.7 Å². The van der Waals surface area contributed by atoms with Gasteiger partial charge in [0.25, 0.3) is 5.56 Å². The molecule has 2 aromatic heterocycles. The Morgan fingerprint density at radius 3 is 2.89 bits per heavy atom. The molecule has 3 heterocycles. The molecule has 28 heavy (non-hydrogen) atoms. The number of nitrogens with zero attached hydrogens (tertiary/aromatic N) is 3. The summed E-state index contributed by atoms with van der Waals surface area (Å²) in [6.45, 7) is -0.358. The zero-order valence-electron chi connectivity index (χ0n) is 14.7. The maximum atomic E-state index is 12.2. The number of hydrogen-bond donors (Lipinski definition) is 6. The Labute approximate surface area is 157 Å². The third-order valence-electron chi connectivity index (χ3n) is 4.41. The zero-order valence-corrected chi connectivity index (χ0v) is 14.7. The maximum Gasteiger partial charge on any atom is 0.280 e. The number of primary amides is 1. The van der Waals surface area contributed by atoms with Crippen molar-refractivity contribution in [3.05, 3.63) is 16.7 Å². The van der Waals surface area contributed by atoms with Crippen LogP contribution in [0.5, 0.6) is 0 Å². The highest BCUT2D eigenvalue weighted by atomic mass is 16.5. The highest BCUT2D eigenvalue weighted by Gasteiger charge is 2.35. The Morgan fingerprint density at radius 1 is 1.50 bits per heavy atom. The van der Waals surface area contributed by atoms with Crippen molar-refractivity contribution < 1.29 is 24.5 Å². The van der Waals surface area contributed by atoms with Gasteiger partial charge in [0.05, 0.1) is 25.1 Å². The van der Waals surface area contributed by atoms with Crippen LogP contribution in [0.25, 0.3) is 11.2 Å². The van der Waals surface area contributed by atoms with Gasteiger partial charge in [-0.25, -0.2) is 4.98 Å². The number of aliphatic hydroxyl groups excluding tert-OH is 2. The second-order valence-electron chi connectivity index (χ2n) is 6.45. The summed E-state index contributed by atoms with van der Waals surface area (Å²) in [5.41, 5.74) is 10.3. The molecule has 0 aliphatic carbocycles. The molecule has 13 nitrogen and oxygen atoms in total. The fraction of sp³-hybridized carbons (Fsp3) is 0.533. The number of rotatable bonds is 7. The molecule has 0 unspecified atom stereocenters. The summed E-state index contributed by atoms with van der Waals surface area (Å²) in [6.07, 6.45) is -0.838. The van der Waals surface area contributed by atoms with Crippen LogP contribution in [0.2, 0.25) is 0 Å². The first-order valence-electron chi connectivity index (χ1n) is 8.56. The Hall–Kier alpha value is -2.87. The summed E-state index contributed by atoms with van der Waals surface area (Å²) in [5, 5.41) is 21.5. The van der Waals surface area contributed by atoms with Gasteiger partial charge >= 0.3 is 0 Å². The number of aromatic nitrogens is 4. The number of carbonyl (C=O) groups is 2. The van der Waals surface area contributed by atoms with E-state index in [1.165, 1.54) is 10.9 Å². The van der Waals surface area contributed by atoms with Crippen molar-refractivity contribution in [3.8, 4) is 0 Å². The average molecular weight is 395 g/mol. The quantitative estimate of drug-likeness (QED) is 0.287. The van der Waals surface area contributed by atoms with E-state index in [2.05, 4.69) is 20.3 Å². The van der Waals surface area contributed by atoms with Gasteiger partial charge in [-0.2, -0.15) is 4.98 Å². The zero-order chi connectivity index (χ0) is 20.4. The first-order valence-corrected chi connectivity index (χ1v) is 8.56. The van der Waals surface area contributed by atoms with Crippen molar-refractivity contribution >= 4 is 28.9 Å². The normalized spacial score (nSPS) is 23.0. The van der Waals surface area contributed by atoms with Gasteiger partial charge in [-0.1, -0.05) is 0 Å². The monoisotopic (exact) mass is 395 g/mol. The lowest BCUT2D eigenvalue weighted by molar-refractivity contribution is -0.119. The van der Waals surface area contributed by atoms with Crippen molar-refractivity contribution in [2.75, 3.05) is 11.9 Å². The number of H-pyrrole nitrogens is 1. The van der Waals surface area contributed by atoms with Crippen LogP contribution < -0.4 is 22.3 Å². The molecule has 2 amide bonds. The molecule has 0 aromatic carbocycles. The number of carbonyl (C=O) groups excluding carboxylic acids is 2. The van der Waals surface area contributed by atoms with Crippen LogP contribution in [0.1, 0.15) is 25.5 Å². The first kappa shape index (κ1) is 19.9. The third kappa shape index (κ3) is 4.01. The summed E-state index contributed by atoms with van der Waals surface area (Å²) in [5.74, 6) is -1.39. The van der Waals surface area contributed by atoms with E-state index >= 15 is 0 Å². The van der Waals surface area contributed by atoms with Crippen LogP contribution in [0.3, 0.4) is 0 Å². The van der Waals surface area contributed by atoms with E-state index in [1.54, 1.807) is 0 Å². The number of ether oxygens (including phenoxy) is 1. The van der Waals surface area contributed by atoms with Gasteiger partial charge in [-0.15, -0.1) is 0 Å². The lowest BCUT2D eigenvalue weighted by Gasteiger charge is -2.14. The molecule has 0 saturated carbocycles. The second-order valence-corrected chi connectivity index (χ2v) is 6.45. The minimum Gasteiger partial charge on any atom is -0.394 e. The molecule has 4 atom stereocenters. The Bertz CT molecular complexity index is 941. The van der Waals surface area contributed by atoms with Crippen molar-refractivity contribution in [1.29, 1.82) is 0 Å². The van der Waals surface area contributed by atoms with E-state index in [0.29, 0.717) is 0 Å². The number of anilines is 1. The standard InChI is InChI=1S/C15H21N7O6/c16-6(1-2-9(17)25)13(26)20-15-19-12-11(14(27)21-15)18-5-22(12)10-3-7(24)8(4-23)28-10/h5-8,10,23-24H,1-4,16H2,(H2,17,25)(H2,19,20,21,26,27)/t6-,7-,8+,10+/m0/s1. The lowest BCUT2D eigenvalue weighted by atomic mass is 10.1. The molecule has 0 radical (unpaired) electrons. The number of fused-ring (bicyclic) bond motifs is 1. The largest absolute Gasteiger partial charge is 0.394 e. The van der Waals surface area contributed by atoms with Gasteiger partial charge in [0.1, 0.15) is 12.3 Å². The van der Waals surface area contributed by atoms with E-state index in [0.717, 1.165) is 0 Å². The van der Waals surface area contributed by atoms with Crippen LogP contribution >= 0.6 is 0 Å². The number of nitrogens with one attached hydrogen (secondary N) is 2. The van der Waals surface area contributed by atoms with E-state index in [9.17, 15) is 24.6 Å². The number of aromatic amines is 1. The van der Waals surface area contributed by atoms with Gasteiger partial charge < -0.3 is 26.4 Å². The molecular weight excluding hydrogens is 374 g/mol. The number of hydrogen-bond acceptors (Lipinski definition) is 9. The third-order valence-corrected chi connectivity index (χ3v) is 4.41. The van der Waals surface area contributed by atoms with Gasteiger partial charge in [0, 0.05) is 12.8 Å². The van der Waals surface area contributed by atoms with Crippen LogP contribution in [0.15, 0.2) is 11.1 Å². The minimum absolute atomic E-state index is 0.0153. The number of amides is 2. The van der Waals surface area contributed by atoms with Crippen LogP contribution in [0, 0.1) is 0 Å². The highest BCUT2D eigenvalue weighted by molar-refractivity contribution is 5.94. The number of aliphatic hydroxyl groups is 2. The summed E-state index contributed by atoms with van der Waals surface area (Å²) >= 11 is 0. The topological polar surface area (TPSA) is 211 Å². The molecule has 13 heteroatoms. The van der Waals surface area contributed by atoms with Crippen molar-refractivity contribution in [3.63, 3.8) is 0 Å². The fourth-order valence-corrected chi connectivity index (χ4v) is 2.88. The van der Waals surface area contributed by atoms with Crippen LogP contribution in [0.4, 0.5) is 5.95 Å². The second kappa shape index (κ2) is 8.02. The fourth-order valence-electron chi connectivity index (χ4n) is 2.88. The predicted octanol–water partition coefficient (Wildman–Crippen LogP) is -2.71. The smallest absolute Gasteiger partial charge is 0.280 e. The summed E-state index contributed by atoms with van der Waals surface area (Å²) < 4.78 is 6.99. The van der Waals surface area contributed by atoms with Crippen molar-refractivity contribution in [2.24, 2.45) is 11.5 Å². The summed E-state index contributed by atoms with van der Waals surface area (Å²) in [7, 11) is 0.